The molecular formula is C20H19FN2OS. The van der Waals surface area contributed by atoms with E-state index in [9.17, 15) is 9.18 Å². The summed E-state index contributed by atoms with van der Waals surface area (Å²) in [5.41, 5.74) is 3.77. The molecule has 0 atom stereocenters. The fourth-order valence-electron chi connectivity index (χ4n) is 2.45. The van der Waals surface area contributed by atoms with Crippen LogP contribution in [0.25, 0.3) is 11.3 Å². The Morgan fingerprint density at radius 2 is 1.80 bits per heavy atom. The number of halogens is 1. The van der Waals surface area contributed by atoms with Gasteiger partial charge in [0.25, 0.3) is 0 Å². The van der Waals surface area contributed by atoms with Crippen molar-refractivity contribution in [3.8, 4) is 11.3 Å². The summed E-state index contributed by atoms with van der Waals surface area (Å²) in [4.78, 5) is 16.6. The maximum atomic E-state index is 13.0. The molecule has 0 unspecified atom stereocenters. The molecule has 3 rings (SSSR count). The molecule has 0 saturated carbocycles. The fourth-order valence-corrected chi connectivity index (χ4v) is 3.19. The molecule has 25 heavy (non-hydrogen) atoms. The zero-order valence-electron chi connectivity index (χ0n) is 14.1. The molecule has 0 saturated heterocycles. The van der Waals surface area contributed by atoms with Gasteiger partial charge in [0.1, 0.15) is 5.82 Å². The topological polar surface area (TPSA) is 42.0 Å². The third-order valence-electron chi connectivity index (χ3n) is 3.90. The molecule has 3 aromatic rings. The predicted octanol–water partition coefficient (Wildman–Crippen LogP) is 5.25. The molecule has 3 nitrogen and oxygen atoms in total. The number of nitrogens with one attached hydrogen (secondary N) is 1. The zero-order chi connectivity index (χ0) is 17.8. The normalized spacial score (nSPS) is 10.9. The minimum atomic E-state index is -0.281. The van der Waals surface area contributed by atoms with Crippen LogP contribution in [0.4, 0.5) is 9.52 Å². The minimum Gasteiger partial charge on any atom is -0.302 e. The number of benzene rings is 2. The number of nitrogens with zero attached hydrogens (tertiary/aromatic N) is 1. The number of hydrogen-bond acceptors (Lipinski definition) is 3. The summed E-state index contributed by atoms with van der Waals surface area (Å²) < 4.78 is 13.0. The standard InChI is InChI=1S/C20H19FN2OS/c1-13(2)15-5-3-14(4-6-15)11-19(24)23-20-22-18(12-25-20)16-7-9-17(21)10-8-16/h3-10,12-13H,11H2,1-2H3,(H,22,23,24). The molecule has 0 aliphatic heterocycles. The smallest absolute Gasteiger partial charge is 0.230 e. The third-order valence-corrected chi connectivity index (χ3v) is 4.66. The fraction of sp³-hybridized carbons (Fsp3) is 0.200. The van der Waals surface area contributed by atoms with Crippen LogP contribution >= 0.6 is 11.3 Å². The second-order valence-corrected chi connectivity index (χ2v) is 7.02. The Morgan fingerprint density at radius 1 is 1.12 bits per heavy atom. The Labute approximate surface area is 150 Å². The van der Waals surface area contributed by atoms with Crippen LogP contribution < -0.4 is 5.32 Å². The molecular weight excluding hydrogens is 335 g/mol. The van der Waals surface area contributed by atoms with Crippen molar-refractivity contribution >= 4 is 22.4 Å². The van der Waals surface area contributed by atoms with Crippen molar-refractivity contribution in [3.63, 3.8) is 0 Å². The van der Waals surface area contributed by atoms with Crippen molar-refractivity contribution < 1.29 is 9.18 Å². The molecule has 0 aliphatic carbocycles. The molecule has 0 aliphatic rings. The average molecular weight is 354 g/mol. The lowest BCUT2D eigenvalue weighted by atomic mass is 10.0. The number of thiazole rings is 1. The number of carbonyl (C=O) groups excluding carboxylic acids is 1. The van der Waals surface area contributed by atoms with E-state index < -0.39 is 0 Å². The number of carbonyl (C=O) groups is 1. The molecule has 0 spiro atoms. The van der Waals surface area contributed by atoms with E-state index in [1.165, 1.54) is 29.0 Å². The summed E-state index contributed by atoms with van der Waals surface area (Å²) in [5.74, 6) is 0.0939. The Morgan fingerprint density at radius 3 is 2.44 bits per heavy atom. The highest BCUT2D eigenvalue weighted by Gasteiger charge is 2.09. The Bertz CT molecular complexity index is 854. The van der Waals surface area contributed by atoms with Crippen LogP contribution in [0.2, 0.25) is 0 Å². The summed E-state index contributed by atoms with van der Waals surface area (Å²) in [6.07, 6.45) is 0.309. The van der Waals surface area contributed by atoms with Crippen LogP contribution in [0.15, 0.2) is 53.9 Å². The monoisotopic (exact) mass is 354 g/mol. The predicted molar refractivity (Wildman–Crippen MR) is 100 cm³/mol. The second kappa shape index (κ2) is 7.57. The number of hydrogen-bond donors (Lipinski definition) is 1. The van der Waals surface area contributed by atoms with Gasteiger partial charge in [0.05, 0.1) is 12.1 Å². The Balaban J connectivity index is 1.62. The molecule has 1 heterocycles. The van der Waals surface area contributed by atoms with Gasteiger partial charge in [0.2, 0.25) is 5.91 Å². The Hall–Kier alpha value is -2.53. The first-order valence-corrected chi connectivity index (χ1v) is 8.99. The molecule has 0 bridgehead atoms. The molecule has 1 aromatic heterocycles. The van der Waals surface area contributed by atoms with Gasteiger partial charge in [-0.15, -0.1) is 11.3 Å². The van der Waals surface area contributed by atoms with Gasteiger partial charge in [-0.05, 0) is 41.3 Å². The van der Waals surface area contributed by atoms with Crippen molar-refractivity contribution in [1.29, 1.82) is 0 Å². The summed E-state index contributed by atoms with van der Waals surface area (Å²) in [6.45, 7) is 4.28. The van der Waals surface area contributed by atoms with E-state index >= 15 is 0 Å². The first kappa shape index (κ1) is 17.3. The van der Waals surface area contributed by atoms with E-state index in [0.717, 1.165) is 16.8 Å². The van der Waals surface area contributed by atoms with Gasteiger partial charge in [0, 0.05) is 10.9 Å². The highest BCUT2D eigenvalue weighted by molar-refractivity contribution is 7.14. The van der Waals surface area contributed by atoms with Crippen LogP contribution in [0.5, 0.6) is 0 Å². The lowest BCUT2D eigenvalue weighted by molar-refractivity contribution is -0.115. The van der Waals surface area contributed by atoms with Crippen molar-refractivity contribution in [3.05, 3.63) is 70.9 Å². The highest BCUT2D eigenvalue weighted by atomic mass is 32.1. The van der Waals surface area contributed by atoms with Crippen LogP contribution in [-0.4, -0.2) is 10.9 Å². The van der Waals surface area contributed by atoms with Gasteiger partial charge in [-0.1, -0.05) is 38.1 Å². The second-order valence-electron chi connectivity index (χ2n) is 6.17. The van der Waals surface area contributed by atoms with E-state index in [0.29, 0.717) is 17.5 Å². The minimum absolute atomic E-state index is 0.0997. The quantitative estimate of drug-likeness (QED) is 0.679. The first-order valence-electron chi connectivity index (χ1n) is 8.11. The van der Waals surface area contributed by atoms with Crippen molar-refractivity contribution in [2.75, 3.05) is 5.32 Å². The zero-order valence-corrected chi connectivity index (χ0v) is 14.9. The SMILES string of the molecule is CC(C)c1ccc(CC(=O)Nc2nc(-c3ccc(F)cc3)cs2)cc1. The van der Waals surface area contributed by atoms with Crippen LogP contribution in [0, 0.1) is 5.82 Å². The molecule has 1 amide bonds. The van der Waals surface area contributed by atoms with Crippen LogP contribution in [-0.2, 0) is 11.2 Å². The lowest BCUT2D eigenvalue weighted by Gasteiger charge is -2.06. The largest absolute Gasteiger partial charge is 0.302 e. The van der Waals surface area contributed by atoms with Crippen molar-refractivity contribution in [1.82, 2.24) is 4.98 Å². The molecule has 0 fully saturated rings. The maximum Gasteiger partial charge on any atom is 0.230 e. The van der Waals surface area contributed by atoms with Gasteiger partial charge >= 0.3 is 0 Å². The van der Waals surface area contributed by atoms with E-state index in [1.54, 1.807) is 12.1 Å². The number of amides is 1. The van der Waals surface area contributed by atoms with Crippen LogP contribution in [0.3, 0.4) is 0 Å². The summed E-state index contributed by atoms with van der Waals surface area (Å²) in [5, 5.41) is 5.22. The third kappa shape index (κ3) is 4.51. The highest BCUT2D eigenvalue weighted by Crippen LogP contribution is 2.25. The van der Waals surface area contributed by atoms with E-state index in [-0.39, 0.29) is 11.7 Å². The number of rotatable bonds is 5. The Kier molecular flexibility index (Phi) is 5.24. The average Bonchev–Trinajstić information content (AvgIpc) is 3.04. The summed E-state index contributed by atoms with van der Waals surface area (Å²) in [6, 6.07) is 14.2. The van der Waals surface area contributed by atoms with Crippen molar-refractivity contribution in [2.45, 2.75) is 26.2 Å². The molecule has 2 aromatic carbocycles. The molecule has 0 radical (unpaired) electrons. The molecule has 1 N–H and O–H groups in total. The van der Waals surface area contributed by atoms with Gasteiger partial charge < -0.3 is 5.32 Å². The first-order chi connectivity index (χ1) is 12.0. The van der Waals surface area contributed by atoms with Gasteiger partial charge in [-0.25, -0.2) is 9.37 Å². The maximum absolute atomic E-state index is 13.0. The molecule has 5 heteroatoms. The lowest BCUT2D eigenvalue weighted by Crippen LogP contribution is -2.14. The number of aromatic nitrogens is 1. The van der Waals surface area contributed by atoms with E-state index in [1.807, 2.05) is 17.5 Å². The van der Waals surface area contributed by atoms with Gasteiger partial charge in [0.15, 0.2) is 5.13 Å². The van der Waals surface area contributed by atoms with E-state index in [2.05, 4.69) is 36.3 Å². The molecule has 128 valence electrons. The van der Waals surface area contributed by atoms with Gasteiger partial charge in [-0.2, -0.15) is 0 Å². The van der Waals surface area contributed by atoms with Gasteiger partial charge in [-0.3, -0.25) is 4.79 Å². The van der Waals surface area contributed by atoms with Crippen LogP contribution in [0.1, 0.15) is 30.9 Å². The number of anilines is 1. The van der Waals surface area contributed by atoms with E-state index in [4.69, 9.17) is 0 Å². The summed E-state index contributed by atoms with van der Waals surface area (Å²) in [7, 11) is 0. The van der Waals surface area contributed by atoms with Crippen molar-refractivity contribution in [2.24, 2.45) is 0 Å². The summed E-state index contributed by atoms with van der Waals surface area (Å²) >= 11 is 1.36.